The predicted octanol–water partition coefficient (Wildman–Crippen LogP) is 2.93. The molecule has 23 heavy (non-hydrogen) atoms. The number of amides is 1. The predicted molar refractivity (Wildman–Crippen MR) is 87.4 cm³/mol. The minimum atomic E-state index is -0.234. The zero-order chi connectivity index (χ0) is 16.2. The minimum Gasteiger partial charge on any atom is -0.451 e. The van der Waals surface area contributed by atoms with Gasteiger partial charge in [-0.1, -0.05) is 11.6 Å². The lowest BCUT2D eigenvalue weighted by Crippen LogP contribution is -2.46. The fraction of sp³-hybridized carbons (Fsp3) is 0.438. The second-order valence-electron chi connectivity index (χ2n) is 5.77. The Balaban J connectivity index is 1.61. The first-order valence-electron chi connectivity index (χ1n) is 7.68. The molecule has 1 fully saturated rings. The highest BCUT2D eigenvalue weighted by Crippen LogP contribution is 2.27. The number of carbonyl (C=O) groups is 1. The van der Waals surface area contributed by atoms with Gasteiger partial charge in [0, 0.05) is 18.7 Å². The monoisotopic (exact) mass is 334 g/mol. The fourth-order valence-electron chi connectivity index (χ4n) is 2.87. The largest absolute Gasteiger partial charge is 0.451 e. The van der Waals surface area contributed by atoms with E-state index in [1.807, 2.05) is 6.92 Å². The third-order valence-corrected chi connectivity index (χ3v) is 4.45. The second kappa shape index (κ2) is 7.10. The molecule has 0 bridgehead atoms. The molecular weight excluding hydrogens is 316 g/mol. The summed E-state index contributed by atoms with van der Waals surface area (Å²) in [5, 5.41) is 3.38. The van der Waals surface area contributed by atoms with Crippen LogP contribution in [0.2, 0.25) is 5.02 Å². The Morgan fingerprint density at radius 3 is 3.04 bits per heavy atom. The maximum Gasteiger partial charge on any atom is 0.242 e. The zero-order valence-electron chi connectivity index (χ0n) is 12.9. The van der Waals surface area contributed by atoms with Crippen molar-refractivity contribution in [1.82, 2.24) is 14.9 Å². The Morgan fingerprint density at radius 1 is 1.48 bits per heavy atom. The normalized spacial score (nSPS) is 20.2. The van der Waals surface area contributed by atoms with Crippen LogP contribution >= 0.6 is 11.6 Å². The van der Waals surface area contributed by atoms with E-state index in [1.165, 1.54) is 12.6 Å². The number of aromatic nitrogens is 2. The lowest BCUT2D eigenvalue weighted by Gasteiger charge is -2.35. The van der Waals surface area contributed by atoms with E-state index >= 15 is 0 Å². The highest BCUT2D eigenvalue weighted by molar-refractivity contribution is 6.30. The molecule has 2 atom stereocenters. The molecule has 3 heterocycles. The number of likely N-dealkylation sites (tertiary alicyclic amines) is 1. The molecular formula is C16H19ClN4O2. The summed E-state index contributed by atoms with van der Waals surface area (Å²) in [6.45, 7) is 3.61. The van der Waals surface area contributed by atoms with Crippen LogP contribution in [0, 0.1) is 0 Å². The smallest absolute Gasteiger partial charge is 0.242 e. The van der Waals surface area contributed by atoms with Gasteiger partial charge in [-0.15, -0.1) is 0 Å². The van der Waals surface area contributed by atoms with Gasteiger partial charge in [0.1, 0.15) is 12.1 Å². The summed E-state index contributed by atoms with van der Waals surface area (Å²) in [6.07, 6.45) is 6.76. The number of hydrogen-bond acceptors (Lipinski definition) is 5. The van der Waals surface area contributed by atoms with E-state index in [1.54, 1.807) is 18.4 Å². The number of hydrogen-bond donors (Lipinski definition) is 1. The van der Waals surface area contributed by atoms with Crippen molar-refractivity contribution in [3.63, 3.8) is 0 Å². The van der Waals surface area contributed by atoms with Gasteiger partial charge in [-0.3, -0.25) is 9.69 Å². The Hall–Kier alpha value is -1.92. The van der Waals surface area contributed by atoms with Gasteiger partial charge in [0.25, 0.3) is 0 Å². The number of nitrogens with one attached hydrogen (secondary N) is 1. The average Bonchev–Trinajstić information content (AvgIpc) is 3.11. The van der Waals surface area contributed by atoms with Gasteiger partial charge in [-0.05, 0) is 38.4 Å². The second-order valence-corrected chi connectivity index (χ2v) is 6.21. The molecule has 1 N–H and O–H groups in total. The first-order chi connectivity index (χ1) is 11.1. The maximum absolute atomic E-state index is 12.4. The van der Waals surface area contributed by atoms with E-state index in [0.717, 1.165) is 31.6 Å². The van der Waals surface area contributed by atoms with Crippen molar-refractivity contribution in [2.75, 3.05) is 18.4 Å². The van der Waals surface area contributed by atoms with E-state index in [-0.39, 0.29) is 11.9 Å². The van der Waals surface area contributed by atoms with Crippen LogP contribution in [-0.4, -0.2) is 39.9 Å². The summed E-state index contributed by atoms with van der Waals surface area (Å²) in [7, 11) is 0. The van der Waals surface area contributed by atoms with Crippen LogP contribution in [0.15, 0.2) is 35.4 Å². The molecule has 0 saturated carbocycles. The van der Waals surface area contributed by atoms with E-state index in [9.17, 15) is 4.79 Å². The van der Waals surface area contributed by atoms with Crippen LogP contribution in [0.4, 0.5) is 5.82 Å². The third-order valence-electron chi connectivity index (χ3n) is 4.23. The van der Waals surface area contributed by atoms with Crippen molar-refractivity contribution in [1.29, 1.82) is 0 Å². The highest BCUT2D eigenvalue weighted by atomic mass is 35.5. The molecule has 0 radical (unpaired) electrons. The molecule has 1 aliphatic heterocycles. The highest BCUT2D eigenvalue weighted by Gasteiger charge is 2.29. The fourth-order valence-corrected chi connectivity index (χ4v) is 2.98. The number of anilines is 1. The van der Waals surface area contributed by atoms with Gasteiger partial charge in [0.2, 0.25) is 5.91 Å². The van der Waals surface area contributed by atoms with Crippen LogP contribution < -0.4 is 5.32 Å². The van der Waals surface area contributed by atoms with Crippen LogP contribution in [0.3, 0.4) is 0 Å². The molecule has 6 nitrogen and oxygen atoms in total. The maximum atomic E-state index is 12.4. The van der Waals surface area contributed by atoms with E-state index in [0.29, 0.717) is 16.8 Å². The molecule has 2 aromatic rings. The van der Waals surface area contributed by atoms with Gasteiger partial charge >= 0.3 is 0 Å². The summed E-state index contributed by atoms with van der Waals surface area (Å²) >= 11 is 5.80. The molecule has 1 saturated heterocycles. The molecule has 2 aromatic heterocycles. The van der Waals surface area contributed by atoms with Crippen LogP contribution in [0.1, 0.15) is 31.4 Å². The lowest BCUT2D eigenvalue weighted by atomic mass is 9.94. The molecule has 3 rings (SSSR count). The van der Waals surface area contributed by atoms with Crippen molar-refractivity contribution in [3.8, 4) is 0 Å². The topological polar surface area (TPSA) is 71.3 Å². The van der Waals surface area contributed by atoms with Crippen molar-refractivity contribution in [2.24, 2.45) is 0 Å². The Labute approximate surface area is 139 Å². The quantitative estimate of drug-likeness (QED) is 0.930. The number of piperidine rings is 1. The number of oxazole rings is 1. The minimum absolute atomic E-state index is 0.0689. The summed E-state index contributed by atoms with van der Waals surface area (Å²) < 4.78 is 5.07. The molecule has 0 spiro atoms. The zero-order valence-corrected chi connectivity index (χ0v) is 13.7. The van der Waals surface area contributed by atoms with Gasteiger partial charge in [-0.25, -0.2) is 9.97 Å². The van der Waals surface area contributed by atoms with Crippen molar-refractivity contribution < 1.29 is 9.21 Å². The van der Waals surface area contributed by atoms with E-state index in [4.69, 9.17) is 16.0 Å². The van der Waals surface area contributed by atoms with Crippen molar-refractivity contribution >= 4 is 23.3 Å². The average molecular weight is 335 g/mol. The Kier molecular flexibility index (Phi) is 4.93. The van der Waals surface area contributed by atoms with Gasteiger partial charge in [0.05, 0.1) is 16.8 Å². The Morgan fingerprint density at radius 2 is 2.35 bits per heavy atom. The standard InChI is InChI=1S/C16H19ClN4O2/c1-11(16(22)20-15-5-4-13(17)7-18-15)21-6-2-3-12(8-21)14-9-23-10-19-14/h4-5,7,9-12H,2-3,6,8H2,1H3,(H,18,20,22)/t11-,12-/m0/s1. The van der Waals surface area contributed by atoms with Crippen LogP contribution in [0.5, 0.6) is 0 Å². The number of rotatable bonds is 4. The molecule has 0 unspecified atom stereocenters. The van der Waals surface area contributed by atoms with Gasteiger partial charge in [0.15, 0.2) is 6.39 Å². The van der Waals surface area contributed by atoms with Crippen molar-refractivity contribution in [2.45, 2.75) is 31.7 Å². The van der Waals surface area contributed by atoms with Crippen molar-refractivity contribution in [3.05, 3.63) is 41.7 Å². The molecule has 1 amide bonds. The lowest BCUT2D eigenvalue weighted by molar-refractivity contribution is -0.121. The SMILES string of the molecule is C[C@@H](C(=O)Nc1ccc(Cl)cn1)N1CCC[C@H](c2cocn2)C1. The first kappa shape index (κ1) is 16.0. The van der Waals surface area contributed by atoms with Gasteiger partial charge < -0.3 is 9.73 Å². The Bertz CT molecular complexity index is 645. The number of pyridine rings is 1. The molecule has 122 valence electrons. The number of nitrogens with zero attached hydrogens (tertiary/aromatic N) is 3. The third kappa shape index (κ3) is 3.89. The summed E-state index contributed by atoms with van der Waals surface area (Å²) in [4.78, 5) is 22.9. The molecule has 0 aromatic carbocycles. The van der Waals surface area contributed by atoms with E-state index < -0.39 is 0 Å². The van der Waals surface area contributed by atoms with E-state index in [2.05, 4.69) is 20.2 Å². The molecule has 1 aliphatic rings. The van der Waals surface area contributed by atoms with Crippen LogP contribution in [-0.2, 0) is 4.79 Å². The first-order valence-corrected chi connectivity index (χ1v) is 8.06. The summed E-state index contributed by atoms with van der Waals surface area (Å²) in [5.74, 6) is 0.753. The number of carbonyl (C=O) groups excluding carboxylic acids is 1. The van der Waals surface area contributed by atoms with Crippen LogP contribution in [0.25, 0.3) is 0 Å². The van der Waals surface area contributed by atoms with Gasteiger partial charge in [-0.2, -0.15) is 0 Å². The number of halogens is 1. The summed E-state index contributed by atoms with van der Waals surface area (Å²) in [6, 6.07) is 3.17. The summed E-state index contributed by atoms with van der Waals surface area (Å²) in [5.41, 5.74) is 0.960. The molecule has 0 aliphatic carbocycles. The molecule has 7 heteroatoms.